The van der Waals surface area contributed by atoms with E-state index in [4.69, 9.17) is 9.47 Å². The Bertz CT molecular complexity index is 1350. The van der Waals surface area contributed by atoms with Crippen molar-refractivity contribution in [1.82, 2.24) is 10.3 Å². The highest BCUT2D eigenvalue weighted by atomic mass is 19.4. The van der Waals surface area contributed by atoms with Crippen molar-refractivity contribution in [2.75, 3.05) is 13.7 Å². The van der Waals surface area contributed by atoms with E-state index >= 15 is 0 Å². The molecule has 34 heavy (non-hydrogen) atoms. The Morgan fingerprint density at radius 2 is 1.82 bits per heavy atom. The summed E-state index contributed by atoms with van der Waals surface area (Å²) in [5.41, 5.74) is 3.35. The van der Waals surface area contributed by atoms with Gasteiger partial charge in [0.2, 0.25) is 0 Å². The summed E-state index contributed by atoms with van der Waals surface area (Å²) in [6, 6.07) is 16.5. The summed E-state index contributed by atoms with van der Waals surface area (Å²) >= 11 is 0. The average molecular weight is 470 g/mol. The van der Waals surface area contributed by atoms with E-state index in [1.165, 1.54) is 24.1 Å². The third-order valence-corrected chi connectivity index (χ3v) is 6.11. The molecule has 0 fully saturated rings. The molecule has 2 heterocycles. The minimum absolute atomic E-state index is 0.0643. The lowest BCUT2D eigenvalue weighted by Crippen LogP contribution is -2.30. The number of benzene rings is 3. The van der Waals surface area contributed by atoms with Gasteiger partial charge in [-0.25, -0.2) is 4.39 Å². The molecule has 0 spiro atoms. The average Bonchev–Trinajstić information content (AvgIpc) is 3.21. The van der Waals surface area contributed by atoms with Gasteiger partial charge in [-0.1, -0.05) is 30.3 Å². The molecular weight excluding hydrogens is 448 g/mol. The van der Waals surface area contributed by atoms with Gasteiger partial charge in [-0.3, -0.25) is 0 Å². The monoisotopic (exact) mass is 470 g/mol. The van der Waals surface area contributed by atoms with Gasteiger partial charge >= 0.3 is 6.18 Å². The number of rotatable bonds is 5. The second kappa shape index (κ2) is 8.68. The van der Waals surface area contributed by atoms with Crippen LogP contribution in [0.5, 0.6) is 11.5 Å². The number of hydrogen-bond acceptors (Lipinski definition) is 3. The van der Waals surface area contributed by atoms with Gasteiger partial charge in [-0.15, -0.1) is 0 Å². The van der Waals surface area contributed by atoms with Crippen molar-refractivity contribution in [2.45, 2.75) is 25.2 Å². The maximum absolute atomic E-state index is 13.6. The van der Waals surface area contributed by atoms with Gasteiger partial charge in [0.05, 0.1) is 18.7 Å². The van der Waals surface area contributed by atoms with E-state index in [-0.39, 0.29) is 18.2 Å². The summed E-state index contributed by atoms with van der Waals surface area (Å²) in [6.07, 6.45) is -3.85. The second-order valence-electron chi connectivity index (χ2n) is 8.21. The first-order valence-corrected chi connectivity index (χ1v) is 10.8. The molecule has 0 saturated carbocycles. The Kier molecular flexibility index (Phi) is 5.69. The number of fused-ring (bicyclic) bond motifs is 3. The Morgan fingerprint density at radius 3 is 2.62 bits per heavy atom. The zero-order valence-electron chi connectivity index (χ0n) is 18.3. The van der Waals surface area contributed by atoms with Gasteiger partial charge in [-0.2, -0.15) is 13.2 Å². The number of halogens is 4. The minimum atomic E-state index is -4.77. The van der Waals surface area contributed by atoms with E-state index in [1.807, 2.05) is 24.3 Å². The number of H-pyrrole nitrogens is 1. The topological polar surface area (TPSA) is 46.3 Å². The third kappa shape index (κ3) is 4.09. The van der Waals surface area contributed by atoms with Crippen molar-refractivity contribution in [1.29, 1.82) is 0 Å². The first kappa shape index (κ1) is 22.3. The SMILES string of the molecule is COc1cc(C2NCCc3c2[nH]c2ccccc32)ccc1OCc1ccc(F)c(C(F)(F)F)c1. The fraction of sp³-hybridized carbons (Fsp3) is 0.231. The zero-order valence-corrected chi connectivity index (χ0v) is 18.3. The van der Waals surface area contributed by atoms with E-state index in [1.54, 1.807) is 6.07 Å². The fourth-order valence-electron chi connectivity index (χ4n) is 4.49. The number of para-hydroxylation sites is 1. The van der Waals surface area contributed by atoms with Crippen LogP contribution in [-0.2, 0) is 19.2 Å². The Hall–Kier alpha value is -3.52. The highest BCUT2D eigenvalue weighted by Gasteiger charge is 2.34. The van der Waals surface area contributed by atoms with E-state index in [9.17, 15) is 17.6 Å². The molecule has 176 valence electrons. The highest BCUT2D eigenvalue weighted by Crippen LogP contribution is 2.37. The van der Waals surface area contributed by atoms with Crippen molar-refractivity contribution in [3.8, 4) is 11.5 Å². The lowest BCUT2D eigenvalue weighted by atomic mass is 9.94. The molecule has 8 heteroatoms. The molecule has 0 saturated heterocycles. The van der Waals surface area contributed by atoms with Gasteiger partial charge in [0.25, 0.3) is 0 Å². The van der Waals surface area contributed by atoms with Crippen LogP contribution in [0.4, 0.5) is 17.6 Å². The molecule has 0 amide bonds. The number of methoxy groups -OCH3 is 1. The second-order valence-corrected chi connectivity index (χ2v) is 8.21. The van der Waals surface area contributed by atoms with Crippen LogP contribution in [0.3, 0.4) is 0 Å². The molecule has 1 aliphatic rings. The molecule has 1 aliphatic heterocycles. The van der Waals surface area contributed by atoms with Crippen molar-refractivity contribution >= 4 is 10.9 Å². The first-order chi connectivity index (χ1) is 16.3. The lowest BCUT2D eigenvalue weighted by molar-refractivity contribution is -0.140. The largest absolute Gasteiger partial charge is 0.493 e. The molecule has 0 aliphatic carbocycles. The molecule has 4 aromatic rings. The summed E-state index contributed by atoms with van der Waals surface area (Å²) in [7, 11) is 1.51. The maximum Gasteiger partial charge on any atom is 0.419 e. The quantitative estimate of drug-likeness (QED) is 0.344. The number of hydrogen-bond donors (Lipinski definition) is 2. The van der Waals surface area contributed by atoms with E-state index in [2.05, 4.69) is 22.4 Å². The number of nitrogens with one attached hydrogen (secondary N) is 2. The van der Waals surface area contributed by atoms with E-state index < -0.39 is 17.6 Å². The van der Waals surface area contributed by atoms with Gasteiger partial charge in [-0.05, 0) is 53.4 Å². The molecule has 5 rings (SSSR count). The van der Waals surface area contributed by atoms with Crippen LogP contribution in [0, 0.1) is 5.82 Å². The smallest absolute Gasteiger partial charge is 0.419 e. The van der Waals surface area contributed by atoms with Gasteiger partial charge < -0.3 is 19.8 Å². The summed E-state index contributed by atoms with van der Waals surface area (Å²) < 4.78 is 63.8. The van der Waals surface area contributed by atoms with E-state index in [0.717, 1.165) is 41.9 Å². The number of aromatic amines is 1. The van der Waals surface area contributed by atoms with E-state index in [0.29, 0.717) is 11.5 Å². The number of ether oxygens (including phenoxy) is 2. The standard InChI is InChI=1S/C26H22F4N2O2/c1-33-23-13-16(24-25-18(10-11-31-24)17-4-2-3-5-21(17)32-25)7-9-22(23)34-14-15-6-8-20(27)19(12-15)26(28,29)30/h2-9,12-13,24,31-32H,10-11,14H2,1H3. The van der Waals surface area contributed by atoms with Crippen molar-refractivity contribution in [3.63, 3.8) is 0 Å². The summed E-state index contributed by atoms with van der Waals surface area (Å²) in [4.78, 5) is 3.53. The van der Waals surface area contributed by atoms with Crippen LogP contribution in [0.25, 0.3) is 10.9 Å². The van der Waals surface area contributed by atoms with Gasteiger partial charge in [0.15, 0.2) is 11.5 Å². The lowest BCUT2D eigenvalue weighted by Gasteiger charge is -2.25. The van der Waals surface area contributed by atoms with Crippen LogP contribution < -0.4 is 14.8 Å². The first-order valence-electron chi connectivity index (χ1n) is 10.8. The van der Waals surface area contributed by atoms with Gasteiger partial charge in [0.1, 0.15) is 12.4 Å². The molecule has 2 N–H and O–H groups in total. The molecule has 3 aromatic carbocycles. The molecule has 0 bridgehead atoms. The predicted octanol–water partition coefficient (Wildman–Crippen LogP) is 6.15. The van der Waals surface area contributed by atoms with Crippen LogP contribution in [0.1, 0.15) is 34.0 Å². The Balaban J connectivity index is 1.40. The number of alkyl halides is 3. The fourth-order valence-corrected chi connectivity index (χ4v) is 4.49. The molecule has 0 radical (unpaired) electrons. The third-order valence-electron chi connectivity index (χ3n) is 6.11. The van der Waals surface area contributed by atoms with Crippen molar-refractivity contribution in [3.05, 3.63) is 94.4 Å². The molecule has 1 unspecified atom stereocenters. The van der Waals surface area contributed by atoms with Gasteiger partial charge in [0, 0.05) is 23.1 Å². The van der Waals surface area contributed by atoms with Crippen molar-refractivity contribution in [2.24, 2.45) is 0 Å². The van der Waals surface area contributed by atoms with Crippen LogP contribution >= 0.6 is 0 Å². The van der Waals surface area contributed by atoms with Crippen LogP contribution in [-0.4, -0.2) is 18.6 Å². The molecule has 1 aromatic heterocycles. The highest BCUT2D eigenvalue weighted by molar-refractivity contribution is 5.85. The Labute approximate surface area is 193 Å². The van der Waals surface area contributed by atoms with Crippen molar-refractivity contribution < 1.29 is 27.0 Å². The summed E-state index contributed by atoms with van der Waals surface area (Å²) in [5, 5.41) is 4.75. The minimum Gasteiger partial charge on any atom is -0.493 e. The maximum atomic E-state index is 13.6. The number of aromatic nitrogens is 1. The molecular formula is C26H22F4N2O2. The predicted molar refractivity (Wildman–Crippen MR) is 121 cm³/mol. The zero-order chi connectivity index (χ0) is 23.9. The molecule has 1 atom stereocenters. The Morgan fingerprint density at radius 1 is 1.00 bits per heavy atom. The summed E-state index contributed by atoms with van der Waals surface area (Å²) in [5.74, 6) is -0.466. The van der Waals surface area contributed by atoms with Crippen LogP contribution in [0.2, 0.25) is 0 Å². The normalized spacial score (nSPS) is 15.9. The summed E-state index contributed by atoms with van der Waals surface area (Å²) in [6.45, 7) is 0.666. The van der Waals surface area contributed by atoms with Crippen LogP contribution in [0.15, 0.2) is 60.7 Å². The molecule has 4 nitrogen and oxygen atoms in total.